The fourth-order valence-corrected chi connectivity index (χ4v) is 1.62. The molecule has 1 aromatic rings. The number of fused-ring (bicyclic) bond motifs is 1. The SMILES string of the molecule is O=C(OBr)N1Cc2ccccc2C1=O. The lowest BCUT2D eigenvalue weighted by atomic mass is 10.1. The predicted molar refractivity (Wildman–Crippen MR) is 51.7 cm³/mol. The van der Waals surface area contributed by atoms with Gasteiger partial charge >= 0.3 is 6.09 Å². The highest BCUT2D eigenvalue weighted by molar-refractivity contribution is 9.06. The maximum atomic E-state index is 11.6. The third-order valence-corrected chi connectivity index (χ3v) is 2.38. The van der Waals surface area contributed by atoms with Crippen molar-refractivity contribution < 1.29 is 13.4 Å². The Hall–Kier alpha value is -1.36. The molecule has 1 heterocycles. The van der Waals surface area contributed by atoms with E-state index in [1.807, 2.05) is 12.1 Å². The van der Waals surface area contributed by atoms with Crippen LogP contribution in [0, 0.1) is 0 Å². The number of carbonyl (C=O) groups is 2. The molecule has 0 unspecified atom stereocenters. The number of hydrogen-bond donors (Lipinski definition) is 0. The van der Waals surface area contributed by atoms with Gasteiger partial charge in [0.15, 0.2) is 16.3 Å². The van der Waals surface area contributed by atoms with E-state index < -0.39 is 6.09 Å². The van der Waals surface area contributed by atoms with Crippen LogP contribution in [0.4, 0.5) is 4.79 Å². The number of nitrogens with zero attached hydrogens (tertiary/aromatic N) is 1. The van der Waals surface area contributed by atoms with Gasteiger partial charge in [0.1, 0.15) is 0 Å². The molecule has 5 heteroatoms. The Morgan fingerprint density at radius 1 is 1.43 bits per heavy atom. The van der Waals surface area contributed by atoms with Crippen LogP contribution in [0.15, 0.2) is 24.3 Å². The molecular formula is C9H6BrNO3. The number of carbonyl (C=O) groups excluding carboxylic acids is 2. The summed E-state index contributed by atoms with van der Waals surface area (Å²) in [6.45, 7) is 0.277. The average molecular weight is 256 g/mol. The number of imide groups is 1. The van der Waals surface area contributed by atoms with E-state index in [0.717, 1.165) is 10.5 Å². The molecule has 4 nitrogen and oxygen atoms in total. The van der Waals surface area contributed by atoms with Crippen molar-refractivity contribution in [1.29, 1.82) is 0 Å². The maximum Gasteiger partial charge on any atom is 0.428 e. The number of amides is 2. The van der Waals surface area contributed by atoms with E-state index in [-0.39, 0.29) is 12.5 Å². The molecule has 0 saturated carbocycles. The Bertz CT molecular complexity index is 405. The molecule has 0 fully saturated rings. The average Bonchev–Trinajstić information content (AvgIpc) is 2.56. The molecule has 0 bridgehead atoms. The number of hydrogen-bond acceptors (Lipinski definition) is 3. The van der Waals surface area contributed by atoms with Crippen LogP contribution in [0.3, 0.4) is 0 Å². The monoisotopic (exact) mass is 255 g/mol. The lowest BCUT2D eigenvalue weighted by molar-refractivity contribution is 0.0786. The van der Waals surface area contributed by atoms with Crippen LogP contribution in [-0.2, 0) is 10.4 Å². The summed E-state index contributed by atoms with van der Waals surface area (Å²) in [5, 5.41) is 0. The van der Waals surface area contributed by atoms with Crippen molar-refractivity contribution >= 4 is 28.3 Å². The molecule has 14 heavy (non-hydrogen) atoms. The van der Waals surface area contributed by atoms with Gasteiger partial charge in [-0.15, -0.1) is 0 Å². The van der Waals surface area contributed by atoms with E-state index in [9.17, 15) is 9.59 Å². The smallest absolute Gasteiger partial charge is 0.367 e. The standard InChI is InChI=1S/C9H6BrNO3/c10-14-9(13)11-5-6-3-1-2-4-7(6)8(11)12/h1-4H,5H2. The van der Waals surface area contributed by atoms with Gasteiger partial charge in [-0.2, -0.15) is 0 Å². The molecule has 2 rings (SSSR count). The van der Waals surface area contributed by atoms with Gasteiger partial charge in [-0.05, 0) is 11.6 Å². The van der Waals surface area contributed by atoms with E-state index in [1.165, 1.54) is 0 Å². The maximum absolute atomic E-state index is 11.6. The zero-order valence-electron chi connectivity index (χ0n) is 7.07. The molecule has 0 radical (unpaired) electrons. The normalized spacial score (nSPS) is 14.1. The molecule has 0 aliphatic carbocycles. The van der Waals surface area contributed by atoms with Gasteiger partial charge in [0.25, 0.3) is 5.91 Å². The van der Waals surface area contributed by atoms with Gasteiger partial charge in [0.2, 0.25) is 0 Å². The highest BCUT2D eigenvalue weighted by atomic mass is 79.9. The molecule has 72 valence electrons. The van der Waals surface area contributed by atoms with Crippen LogP contribution in [-0.4, -0.2) is 16.9 Å². The van der Waals surface area contributed by atoms with Crippen LogP contribution in [0.25, 0.3) is 0 Å². The second kappa shape index (κ2) is 3.42. The summed E-state index contributed by atoms with van der Waals surface area (Å²) >= 11 is 2.55. The summed E-state index contributed by atoms with van der Waals surface area (Å²) in [5.74, 6) is -0.315. The summed E-state index contributed by atoms with van der Waals surface area (Å²) in [7, 11) is 0. The summed E-state index contributed by atoms with van der Waals surface area (Å²) in [5.41, 5.74) is 1.40. The molecule has 1 aliphatic rings. The third-order valence-electron chi connectivity index (χ3n) is 2.11. The lowest BCUT2D eigenvalue weighted by Gasteiger charge is -2.09. The fraction of sp³-hybridized carbons (Fsp3) is 0.111. The molecule has 0 spiro atoms. The van der Waals surface area contributed by atoms with Gasteiger partial charge in [-0.1, -0.05) is 18.2 Å². The Kier molecular flexibility index (Phi) is 2.25. The second-order valence-electron chi connectivity index (χ2n) is 2.89. The van der Waals surface area contributed by atoms with Crippen LogP contribution < -0.4 is 0 Å². The fourth-order valence-electron chi connectivity index (χ4n) is 1.44. The van der Waals surface area contributed by atoms with Crippen LogP contribution in [0.5, 0.6) is 0 Å². The molecule has 0 saturated heterocycles. The third kappa shape index (κ3) is 1.29. The van der Waals surface area contributed by atoms with E-state index in [4.69, 9.17) is 0 Å². The van der Waals surface area contributed by atoms with Gasteiger partial charge in [0, 0.05) is 5.56 Å². The van der Waals surface area contributed by atoms with Crippen molar-refractivity contribution in [2.24, 2.45) is 0 Å². The Morgan fingerprint density at radius 3 is 2.79 bits per heavy atom. The Balaban J connectivity index is 2.35. The first kappa shape index (κ1) is 9.21. The van der Waals surface area contributed by atoms with E-state index >= 15 is 0 Å². The zero-order chi connectivity index (χ0) is 10.1. The number of rotatable bonds is 0. The lowest BCUT2D eigenvalue weighted by Crippen LogP contribution is -2.29. The number of benzene rings is 1. The molecule has 0 N–H and O–H groups in total. The first-order valence-electron chi connectivity index (χ1n) is 3.96. The van der Waals surface area contributed by atoms with Crippen molar-refractivity contribution in [3.05, 3.63) is 35.4 Å². The Labute approximate surface area is 88.9 Å². The van der Waals surface area contributed by atoms with Gasteiger partial charge < -0.3 is 3.83 Å². The first-order chi connectivity index (χ1) is 6.74. The van der Waals surface area contributed by atoms with E-state index in [0.29, 0.717) is 5.56 Å². The van der Waals surface area contributed by atoms with E-state index in [1.54, 1.807) is 12.1 Å². The highest BCUT2D eigenvalue weighted by Gasteiger charge is 2.32. The molecule has 1 aromatic carbocycles. The quantitative estimate of drug-likeness (QED) is 0.714. The van der Waals surface area contributed by atoms with Crippen LogP contribution >= 0.6 is 16.3 Å². The van der Waals surface area contributed by atoms with Gasteiger partial charge in [-0.25, -0.2) is 9.69 Å². The van der Waals surface area contributed by atoms with Crippen molar-refractivity contribution in [2.75, 3.05) is 0 Å². The molecule has 1 aliphatic heterocycles. The molecular weight excluding hydrogens is 250 g/mol. The van der Waals surface area contributed by atoms with Crippen LogP contribution in [0.1, 0.15) is 15.9 Å². The van der Waals surface area contributed by atoms with Gasteiger partial charge in [-0.3, -0.25) is 4.79 Å². The second-order valence-corrected chi connectivity index (χ2v) is 3.22. The minimum absolute atomic E-state index is 0.277. The van der Waals surface area contributed by atoms with Crippen molar-refractivity contribution in [1.82, 2.24) is 4.90 Å². The van der Waals surface area contributed by atoms with Gasteiger partial charge in [0.05, 0.1) is 6.54 Å². The number of halogens is 1. The summed E-state index contributed by atoms with van der Waals surface area (Å²) in [6, 6.07) is 7.10. The summed E-state index contributed by atoms with van der Waals surface area (Å²) in [6.07, 6.45) is -0.689. The highest BCUT2D eigenvalue weighted by Crippen LogP contribution is 2.23. The summed E-state index contributed by atoms with van der Waals surface area (Å²) < 4.78 is 4.31. The van der Waals surface area contributed by atoms with E-state index in [2.05, 4.69) is 20.1 Å². The van der Waals surface area contributed by atoms with Crippen LogP contribution in [0.2, 0.25) is 0 Å². The topological polar surface area (TPSA) is 46.6 Å². The zero-order valence-corrected chi connectivity index (χ0v) is 8.65. The van der Waals surface area contributed by atoms with Crippen molar-refractivity contribution in [3.63, 3.8) is 0 Å². The molecule has 0 aromatic heterocycles. The molecule has 0 atom stereocenters. The Morgan fingerprint density at radius 2 is 2.14 bits per heavy atom. The van der Waals surface area contributed by atoms with Crippen molar-refractivity contribution in [3.8, 4) is 0 Å². The minimum atomic E-state index is -0.689. The minimum Gasteiger partial charge on any atom is -0.367 e. The largest absolute Gasteiger partial charge is 0.428 e. The predicted octanol–water partition coefficient (Wildman–Crippen LogP) is 2.09. The first-order valence-corrected chi connectivity index (χ1v) is 4.61. The van der Waals surface area contributed by atoms with Crippen molar-refractivity contribution in [2.45, 2.75) is 6.54 Å². The molecule has 2 amide bonds. The summed E-state index contributed by atoms with van der Waals surface area (Å²) in [4.78, 5) is 23.8.